The van der Waals surface area contributed by atoms with Gasteiger partial charge in [0.2, 0.25) is 0 Å². The van der Waals surface area contributed by atoms with Crippen molar-refractivity contribution in [2.24, 2.45) is 0 Å². The van der Waals surface area contributed by atoms with Crippen molar-refractivity contribution in [1.29, 1.82) is 0 Å². The van der Waals surface area contributed by atoms with Gasteiger partial charge in [-0.3, -0.25) is 14.2 Å². The third kappa shape index (κ3) is 6.54. The van der Waals surface area contributed by atoms with Gasteiger partial charge in [-0.05, 0) is 88.8 Å². The smallest absolute Gasteiger partial charge is 0.309 e. The highest BCUT2D eigenvalue weighted by Crippen LogP contribution is 2.31. The van der Waals surface area contributed by atoms with Gasteiger partial charge in [-0.2, -0.15) is 13.5 Å². The Balaban J connectivity index is 1.46. The van der Waals surface area contributed by atoms with Gasteiger partial charge in [-0.15, -0.1) is 16.0 Å². The molecule has 9 nitrogen and oxygen atoms in total. The highest BCUT2D eigenvalue weighted by atomic mass is 32.2. The lowest BCUT2D eigenvalue weighted by Gasteiger charge is -2.21. The van der Waals surface area contributed by atoms with E-state index in [-0.39, 0.29) is 22.1 Å². The normalized spacial score (nSPS) is 13.6. The average Bonchev–Trinajstić information content (AvgIpc) is 3.78. The van der Waals surface area contributed by atoms with Crippen molar-refractivity contribution in [1.82, 2.24) is 19.5 Å². The Hall–Kier alpha value is -3.51. The molecule has 5 rings (SSSR count). The molecule has 1 aliphatic carbocycles. The number of nitrogens with zero attached hydrogens (tertiary/aromatic N) is 4. The quantitative estimate of drug-likeness (QED) is 0.195. The van der Waals surface area contributed by atoms with Crippen LogP contribution in [0, 0.1) is 13.8 Å². The molecule has 4 aromatic rings. The van der Waals surface area contributed by atoms with Crippen LogP contribution in [-0.2, 0) is 14.4 Å². The maximum atomic E-state index is 13.6. The molecule has 0 saturated heterocycles. The minimum atomic E-state index is -4.22. The third-order valence-corrected chi connectivity index (χ3v) is 9.00. The first-order chi connectivity index (χ1) is 19.5. The van der Waals surface area contributed by atoms with E-state index in [1.54, 1.807) is 42.1 Å². The highest BCUT2D eigenvalue weighted by molar-refractivity contribution is 7.99. The molecule has 0 unspecified atom stereocenters. The second-order valence-corrected chi connectivity index (χ2v) is 13.2. The molecule has 0 atom stereocenters. The van der Waals surface area contributed by atoms with Crippen molar-refractivity contribution < 1.29 is 17.5 Å². The second kappa shape index (κ2) is 11.8. The van der Waals surface area contributed by atoms with Gasteiger partial charge >= 0.3 is 10.1 Å². The van der Waals surface area contributed by atoms with E-state index in [2.05, 4.69) is 9.88 Å². The molecule has 3 aromatic carbocycles. The highest BCUT2D eigenvalue weighted by Gasteiger charge is 2.38. The Bertz CT molecular complexity index is 1760. The molecule has 41 heavy (non-hydrogen) atoms. The van der Waals surface area contributed by atoms with Crippen LogP contribution >= 0.6 is 11.8 Å². The number of rotatable bonds is 10. The van der Waals surface area contributed by atoms with E-state index in [0.29, 0.717) is 29.4 Å². The van der Waals surface area contributed by atoms with E-state index in [9.17, 15) is 18.0 Å². The van der Waals surface area contributed by atoms with Gasteiger partial charge in [0.05, 0.1) is 27.5 Å². The van der Waals surface area contributed by atoms with Crippen LogP contribution in [0.3, 0.4) is 0 Å². The lowest BCUT2D eigenvalue weighted by atomic mass is 10.1. The lowest BCUT2D eigenvalue weighted by Crippen LogP contribution is -2.35. The number of hydroxylamine groups is 2. The van der Waals surface area contributed by atoms with Crippen LogP contribution in [-0.4, -0.2) is 66.3 Å². The van der Waals surface area contributed by atoms with E-state index < -0.39 is 16.0 Å². The molecule has 1 aromatic heterocycles. The number of carbonyl (C=O) groups is 1. The Labute approximate surface area is 243 Å². The number of amides is 1. The van der Waals surface area contributed by atoms with Crippen molar-refractivity contribution in [2.75, 3.05) is 26.4 Å². The van der Waals surface area contributed by atoms with Crippen LogP contribution in [0.1, 0.15) is 34.3 Å². The van der Waals surface area contributed by atoms with Crippen molar-refractivity contribution in [3.05, 3.63) is 94.0 Å². The van der Waals surface area contributed by atoms with Crippen LogP contribution in [0.5, 0.6) is 0 Å². The number of thioether (sulfide) groups is 1. The standard InChI is InChI=1S/C30H32N4O5S2/c1-20-5-12-25(13-6-20)41(37,38)39-34(23-9-10-23)29(35)22-8-7-21(2)28(17-22)33-19-31-27-14-11-24(18-26(27)30(33)36)40-16-15-32(3)4/h5-8,11-14,17-19,23H,9-10,15-16H2,1-4H3. The van der Waals surface area contributed by atoms with E-state index in [1.165, 1.54) is 23.0 Å². The first-order valence-corrected chi connectivity index (χ1v) is 15.7. The van der Waals surface area contributed by atoms with Gasteiger partial charge < -0.3 is 4.90 Å². The summed E-state index contributed by atoms with van der Waals surface area (Å²) in [5.41, 5.74) is 2.68. The summed E-state index contributed by atoms with van der Waals surface area (Å²) in [6, 6.07) is 16.5. The molecule has 0 radical (unpaired) electrons. The topological polar surface area (TPSA) is 102 Å². The van der Waals surface area contributed by atoms with Crippen LogP contribution in [0.4, 0.5) is 0 Å². The fraction of sp³-hybridized carbons (Fsp3) is 0.300. The molecule has 11 heteroatoms. The number of hydrogen-bond donors (Lipinski definition) is 0. The van der Waals surface area contributed by atoms with Gasteiger partial charge in [0, 0.05) is 22.8 Å². The maximum absolute atomic E-state index is 13.6. The zero-order valence-electron chi connectivity index (χ0n) is 23.4. The van der Waals surface area contributed by atoms with E-state index >= 15 is 0 Å². The molecule has 0 N–H and O–H groups in total. The summed E-state index contributed by atoms with van der Waals surface area (Å²) < 4.78 is 32.8. The van der Waals surface area contributed by atoms with Crippen LogP contribution in [0.2, 0.25) is 0 Å². The molecule has 1 saturated carbocycles. The molecule has 0 bridgehead atoms. The molecule has 0 spiro atoms. The predicted molar refractivity (Wildman–Crippen MR) is 160 cm³/mol. The summed E-state index contributed by atoms with van der Waals surface area (Å²) in [6.07, 6.45) is 2.73. The minimum Gasteiger partial charge on any atom is -0.309 e. The SMILES string of the molecule is Cc1ccc(S(=O)(=O)ON(C(=O)c2ccc(C)c(-n3cnc4ccc(SCCN(C)C)cc4c3=O)c2)C2CC2)cc1. The van der Waals surface area contributed by atoms with Crippen molar-refractivity contribution in [3.63, 3.8) is 0 Å². The summed E-state index contributed by atoms with van der Waals surface area (Å²) in [5.74, 6) is 0.293. The minimum absolute atomic E-state index is 0.0285. The Morgan fingerprint density at radius 1 is 1.05 bits per heavy atom. The lowest BCUT2D eigenvalue weighted by molar-refractivity contribution is -0.0341. The summed E-state index contributed by atoms with van der Waals surface area (Å²) in [6.45, 7) is 4.60. The molecular formula is C30H32N4O5S2. The molecule has 1 aliphatic rings. The van der Waals surface area contributed by atoms with Gasteiger partial charge in [-0.25, -0.2) is 4.98 Å². The predicted octanol–water partition coefficient (Wildman–Crippen LogP) is 4.58. The fourth-order valence-corrected chi connectivity index (χ4v) is 6.28. The third-order valence-electron chi connectivity index (χ3n) is 6.82. The van der Waals surface area contributed by atoms with Crippen LogP contribution in [0.15, 0.2) is 81.6 Å². The first kappa shape index (κ1) is 29.0. The van der Waals surface area contributed by atoms with E-state index in [4.69, 9.17) is 4.28 Å². The van der Waals surface area contributed by atoms with Crippen molar-refractivity contribution in [3.8, 4) is 5.69 Å². The maximum Gasteiger partial charge on any atom is 0.317 e. The number of aromatic nitrogens is 2. The van der Waals surface area contributed by atoms with Crippen LogP contribution < -0.4 is 5.56 Å². The molecule has 1 amide bonds. The zero-order valence-corrected chi connectivity index (χ0v) is 25.0. The average molecular weight is 593 g/mol. The second-order valence-electron chi connectivity index (χ2n) is 10.5. The monoisotopic (exact) mass is 592 g/mol. The van der Waals surface area contributed by atoms with E-state index in [0.717, 1.165) is 33.4 Å². The molecule has 0 aliphatic heterocycles. The Morgan fingerprint density at radius 3 is 2.46 bits per heavy atom. The van der Waals surface area contributed by atoms with Gasteiger partial charge in [0.1, 0.15) is 6.33 Å². The molecular weight excluding hydrogens is 560 g/mol. The first-order valence-electron chi connectivity index (χ1n) is 13.3. The summed E-state index contributed by atoms with van der Waals surface area (Å²) in [4.78, 5) is 34.8. The molecule has 1 fully saturated rings. The Morgan fingerprint density at radius 2 is 1.78 bits per heavy atom. The largest absolute Gasteiger partial charge is 0.317 e. The van der Waals surface area contributed by atoms with Gasteiger partial charge in [-0.1, -0.05) is 23.8 Å². The summed E-state index contributed by atoms with van der Waals surface area (Å²) >= 11 is 1.67. The summed E-state index contributed by atoms with van der Waals surface area (Å²) in [5, 5.41) is 1.42. The van der Waals surface area contributed by atoms with Gasteiger partial charge in [0.25, 0.3) is 11.5 Å². The van der Waals surface area contributed by atoms with Crippen molar-refractivity contribution in [2.45, 2.75) is 42.5 Å². The fourth-order valence-electron chi connectivity index (χ4n) is 4.26. The van der Waals surface area contributed by atoms with Crippen molar-refractivity contribution >= 4 is 38.7 Å². The van der Waals surface area contributed by atoms with E-state index in [1.807, 2.05) is 46.1 Å². The number of aryl methyl sites for hydroxylation is 2. The number of fused-ring (bicyclic) bond motifs is 1. The number of benzene rings is 3. The molecule has 214 valence electrons. The number of carbonyl (C=O) groups excluding carboxylic acids is 1. The number of hydrogen-bond acceptors (Lipinski definition) is 8. The molecule has 1 heterocycles. The Kier molecular flexibility index (Phi) is 8.32. The summed E-state index contributed by atoms with van der Waals surface area (Å²) in [7, 11) is -0.181. The van der Waals surface area contributed by atoms with Crippen LogP contribution in [0.25, 0.3) is 16.6 Å². The zero-order chi connectivity index (χ0) is 29.3. The van der Waals surface area contributed by atoms with Gasteiger partial charge in [0.15, 0.2) is 0 Å².